The van der Waals surface area contributed by atoms with E-state index >= 15 is 0 Å². The van der Waals surface area contributed by atoms with E-state index in [-0.39, 0.29) is 22.9 Å². The Morgan fingerprint density at radius 1 is 1.04 bits per heavy atom. The third-order valence-corrected chi connectivity index (χ3v) is 4.45. The number of carbonyl (C=O) groups is 2. The van der Waals surface area contributed by atoms with Gasteiger partial charge in [-0.15, -0.1) is 0 Å². The van der Waals surface area contributed by atoms with E-state index < -0.39 is 10.8 Å². The van der Waals surface area contributed by atoms with Gasteiger partial charge >= 0.3 is 5.69 Å². The molecule has 2 N–H and O–H groups in total. The summed E-state index contributed by atoms with van der Waals surface area (Å²) in [4.78, 5) is 34.4. The quantitative estimate of drug-likeness (QED) is 0.481. The van der Waals surface area contributed by atoms with Crippen molar-refractivity contribution in [3.05, 3.63) is 80.5 Å². The number of nitro groups is 1. The fourth-order valence-electron chi connectivity index (χ4n) is 2.36. The average molecular weight is 397 g/mol. The summed E-state index contributed by atoms with van der Waals surface area (Å²) in [6.45, 7) is 0. The third-order valence-electron chi connectivity index (χ3n) is 3.77. The van der Waals surface area contributed by atoms with Gasteiger partial charge in [-0.2, -0.15) is 11.3 Å². The monoisotopic (exact) mass is 397 g/mol. The number of anilines is 1. The summed E-state index contributed by atoms with van der Waals surface area (Å²) in [6, 6.07) is 12.1. The van der Waals surface area contributed by atoms with Crippen LogP contribution in [-0.4, -0.2) is 23.8 Å². The van der Waals surface area contributed by atoms with Gasteiger partial charge in [0.05, 0.1) is 10.5 Å². The van der Waals surface area contributed by atoms with E-state index in [9.17, 15) is 19.7 Å². The van der Waals surface area contributed by atoms with Gasteiger partial charge in [-0.25, -0.2) is 0 Å². The van der Waals surface area contributed by atoms with Crippen molar-refractivity contribution in [1.29, 1.82) is 0 Å². The van der Waals surface area contributed by atoms with Crippen molar-refractivity contribution >= 4 is 34.5 Å². The predicted octanol–water partition coefficient (Wildman–Crippen LogP) is 4.06. The molecule has 0 fully saturated rings. The van der Waals surface area contributed by atoms with Crippen molar-refractivity contribution in [1.82, 2.24) is 5.32 Å². The van der Waals surface area contributed by atoms with Gasteiger partial charge in [0.15, 0.2) is 0 Å². The summed E-state index contributed by atoms with van der Waals surface area (Å²) >= 11 is 1.43. The first-order chi connectivity index (χ1) is 13.5. The zero-order chi connectivity index (χ0) is 20.1. The molecular weight excluding hydrogens is 382 g/mol. The van der Waals surface area contributed by atoms with Gasteiger partial charge in [-0.1, -0.05) is 0 Å². The lowest BCUT2D eigenvalue weighted by molar-refractivity contribution is -0.385. The molecule has 2 aromatic carbocycles. The summed E-state index contributed by atoms with van der Waals surface area (Å²) in [7, 11) is 1.44. The topological polar surface area (TPSA) is 111 Å². The Morgan fingerprint density at radius 3 is 2.39 bits per heavy atom. The minimum Gasteiger partial charge on any atom is -0.450 e. The molecule has 0 saturated carbocycles. The number of benzene rings is 2. The molecule has 8 nitrogen and oxygen atoms in total. The van der Waals surface area contributed by atoms with Crippen LogP contribution < -0.4 is 15.4 Å². The van der Waals surface area contributed by atoms with Gasteiger partial charge in [-0.05, 0) is 47.8 Å². The maximum absolute atomic E-state index is 12.0. The molecular formula is C19H15N3O5S. The highest BCUT2D eigenvalue weighted by molar-refractivity contribution is 7.08. The van der Waals surface area contributed by atoms with Gasteiger partial charge in [-0.3, -0.25) is 19.7 Å². The van der Waals surface area contributed by atoms with Crippen molar-refractivity contribution in [2.75, 3.05) is 12.4 Å². The molecule has 1 heterocycles. The van der Waals surface area contributed by atoms with Crippen LogP contribution in [0.2, 0.25) is 0 Å². The average Bonchev–Trinajstić information content (AvgIpc) is 3.24. The molecule has 0 saturated heterocycles. The standard InChI is InChI=1S/C19H15N3O5S/c1-20-18(23)12-2-7-17(16(10-12)22(25)26)27-15-5-3-14(4-6-15)21-19(24)13-8-9-28-11-13/h2-11H,1H3,(H,20,23)(H,21,24). The van der Waals surface area contributed by atoms with E-state index in [0.717, 1.165) is 6.07 Å². The number of carbonyl (C=O) groups excluding carboxylic acids is 2. The van der Waals surface area contributed by atoms with Gasteiger partial charge in [0, 0.05) is 29.7 Å². The number of rotatable bonds is 6. The molecule has 3 aromatic rings. The highest BCUT2D eigenvalue weighted by atomic mass is 32.1. The van der Waals surface area contributed by atoms with Crippen molar-refractivity contribution < 1.29 is 19.2 Å². The molecule has 28 heavy (non-hydrogen) atoms. The zero-order valence-electron chi connectivity index (χ0n) is 14.7. The lowest BCUT2D eigenvalue weighted by Crippen LogP contribution is -2.17. The molecule has 3 rings (SSSR count). The first-order valence-electron chi connectivity index (χ1n) is 8.10. The molecule has 0 aliphatic carbocycles. The van der Waals surface area contributed by atoms with Gasteiger partial charge in [0.25, 0.3) is 11.8 Å². The van der Waals surface area contributed by atoms with E-state index in [1.807, 2.05) is 5.38 Å². The summed E-state index contributed by atoms with van der Waals surface area (Å²) in [6.07, 6.45) is 0. The highest BCUT2D eigenvalue weighted by Crippen LogP contribution is 2.32. The van der Waals surface area contributed by atoms with Crippen LogP contribution in [0.5, 0.6) is 11.5 Å². The van der Waals surface area contributed by atoms with Crippen LogP contribution in [0.3, 0.4) is 0 Å². The Kier molecular flexibility index (Phi) is 5.66. The molecule has 142 valence electrons. The first kappa shape index (κ1) is 19.1. The Balaban J connectivity index is 1.75. The molecule has 0 unspecified atom stereocenters. The Morgan fingerprint density at radius 2 is 1.79 bits per heavy atom. The Hall–Kier alpha value is -3.72. The van der Waals surface area contributed by atoms with Crippen LogP contribution in [0.25, 0.3) is 0 Å². The highest BCUT2D eigenvalue weighted by Gasteiger charge is 2.19. The fraction of sp³-hybridized carbons (Fsp3) is 0.0526. The number of thiophene rings is 1. The number of amides is 2. The van der Waals surface area contributed by atoms with Gasteiger partial charge < -0.3 is 15.4 Å². The second-order valence-corrected chi connectivity index (χ2v) is 6.39. The lowest BCUT2D eigenvalue weighted by atomic mass is 10.1. The van der Waals surface area contributed by atoms with Crippen molar-refractivity contribution in [3.8, 4) is 11.5 Å². The second-order valence-electron chi connectivity index (χ2n) is 5.61. The van der Waals surface area contributed by atoms with Crippen molar-refractivity contribution in [2.45, 2.75) is 0 Å². The summed E-state index contributed by atoms with van der Waals surface area (Å²) in [5.74, 6) is -0.298. The molecule has 0 bridgehead atoms. The molecule has 0 spiro atoms. The van der Waals surface area contributed by atoms with E-state index in [2.05, 4.69) is 10.6 Å². The second kappa shape index (κ2) is 8.31. The van der Waals surface area contributed by atoms with Crippen LogP contribution in [0, 0.1) is 10.1 Å². The van der Waals surface area contributed by atoms with Crippen LogP contribution >= 0.6 is 11.3 Å². The number of nitro benzene ring substituents is 1. The van der Waals surface area contributed by atoms with E-state index in [1.165, 1.54) is 30.5 Å². The number of hydrogen-bond acceptors (Lipinski definition) is 6. The maximum Gasteiger partial charge on any atom is 0.312 e. The molecule has 0 aliphatic rings. The van der Waals surface area contributed by atoms with Crippen molar-refractivity contribution in [3.63, 3.8) is 0 Å². The largest absolute Gasteiger partial charge is 0.450 e. The molecule has 2 amide bonds. The van der Waals surface area contributed by atoms with Crippen LogP contribution in [0.15, 0.2) is 59.3 Å². The minimum absolute atomic E-state index is 0.00714. The normalized spacial score (nSPS) is 10.2. The SMILES string of the molecule is CNC(=O)c1ccc(Oc2ccc(NC(=O)c3ccsc3)cc2)c([N+](=O)[O-])c1. The van der Waals surface area contributed by atoms with Crippen LogP contribution in [0.4, 0.5) is 11.4 Å². The predicted molar refractivity (Wildman–Crippen MR) is 105 cm³/mol. The number of nitrogens with zero attached hydrogens (tertiary/aromatic N) is 1. The molecule has 1 aromatic heterocycles. The van der Waals surface area contributed by atoms with E-state index in [0.29, 0.717) is 17.0 Å². The number of hydrogen-bond donors (Lipinski definition) is 2. The smallest absolute Gasteiger partial charge is 0.312 e. The molecule has 9 heteroatoms. The van der Waals surface area contributed by atoms with Crippen molar-refractivity contribution in [2.24, 2.45) is 0 Å². The lowest BCUT2D eigenvalue weighted by Gasteiger charge is -2.09. The first-order valence-corrected chi connectivity index (χ1v) is 9.04. The number of nitrogens with one attached hydrogen (secondary N) is 2. The molecule has 0 radical (unpaired) electrons. The number of ether oxygens (including phenoxy) is 1. The molecule has 0 atom stereocenters. The van der Waals surface area contributed by atoms with Gasteiger partial charge in [0.1, 0.15) is 5.75 Å². The Bertz CT molecular complexity index is 1020. The third kappa shape index (κ3) is 4.33. The van der Waals surface area contributed by atoms with E-state index in [4.69, 9.17) is 4.74 Å². The van der Waals surface area contributed by atoms with E-state index in [1.54, 1.807) is 35.7 Å². The Labute approximate surface area is 163 Å². The summed E-state index contributed by atoms with van der Waals surface area (Å²) < 4.78 is 5.59. The maximum atomic E-state index is 12.0. The summed E-state index contributed by atoms with van der Waals surface area (Å²) in [5, 5.41) is 20.0. The molecule has 0 aliphatic heterocycles. The van der Waals surface area contributed by atoms with Gasteiger partial charge in [0.2, 0.25) is 5.75 Å². The van der Waals surface area contributed by atoms with Crippen LogP contribution in [0.1, 0.15) is 20.7 Å². The van der Waals surface area contributed by atoms with Crippen LogP contribution in [-0.2, 0) is 0 Å². The zero-order valence-corrected chi connectivity index (χ0v) is 15.5. The summed E-state index contributed by atoms with van der Waals surface area (Å²) in [5.41, 5.74) is 0.967. The minimum atomic E-state index is -0.614. The fourth-order valence-corrected chi connectivity index (χ4v) is 3.00.